The van der Waals surface area contributed by atoms with E-state index in [1.807, 2.05) is 26.8 Å². The van der Waals surface area contributed by atoms with Crippen molar-refractivity contribution in [2.75, 3.05) is 0 Å². The summed E-state index contributed by atoms with van der Waals surface area (Å²) in [5.74, 6) is 0.334. The highest BCUT2D eigenvalue weighted by Crippen LogP contribution is 2.39. The Labute approximate surface area is 91.1 Å². The molecule has 0 heterocycles. The van der Waals surface area contributed by atoms with E-state index < -0.39 is 0 Å². The standard InChI is InChI=1S/C13H18O2/c1-9-7-11(15)8-13(3,4)12(9)6-5-10(2)14/h5-6H,7-8H2,1-4H3. The van der Waals surface area contributed by atoms with E-state index in [0.29, 0.717) is 12.8 Å². The van der Waals surface area contributed by atoms with E-state index in [-0.39, 0.29) is 17.0 Å². The number of Topliss-reactive ketones (excluding diaryl/α,β-unsaturated/α-hetero) is 1. The maximum absolute atomic E-state index is 11.4. The van der Waals surface area contributed by atoms with Gasteiger partial charge in [-0.25, -0.2) is 0 Å². The Balaban J connectivity index is 3.06. The Morgan fingerprint density at radius 1 is 1.40 bits per heavy atom. The first kappa shape index (κ1) is 11.9. The van der Waals surface area contributed by atoms with Gasteiger partial charge in [-0.3, -0.25) is 9.59 Å². The smallest absolute Gasteiger partial charge is 0.152 e. The fourth-order valence-corrected chi connectivity index (χ4v) is 2.19. The highest BCUT2D eigenvalue weighted by molar-refractivity contribution is 5.88. The molecule has 15 heavy (non-hydrogen) atoms. The van der Waals surface area contributed by atoms with Gasteiger partial charge in [-0.05, 0) is 30.9 Å². The van der Waals surface area contributed by atoms with Crippen LogP contribution in [0.5, 0.6) is 0 Å². The molecule has 0 saturated heterocycles. The molecule has 0 fully saturated rings. The van der Waals surface area contributed by atoms with Crippen molar-refractivity contribution < 1.29 is 9.59 Å². The van der Waals surface area contributed by atoms with E-state index in [2.05, 4.69) is 0 Å². The van der Waals surface area contributed by atoms with Crippen molar-refractivity contribution >= 4 is 11.6 Å². The van der Waals surface area contributed by atoms with Crippen molar-refractivity contribution in [3.8, 4) is 0 Å². The lowest BCUT2D eigenvalue weighted by molar-refractivity contribution is -0.120. The molecule has 2 heteroatoms. The zero-order chi connectivity index (χ0) is 11.6. The molecule has 0 bridgehead atoms. The molecule has 0 aromatic rings. The highest BCUT2D eigenvalue weighted by Gasteiger charge is 2.31. The van der Waals surface area contributed by atoms with Crippen LogP contribution in [0.1, 0.15) is 40.5 Å². The van der Waals surface area contributed by atoms with Crippen molar-refractivity contribution in [2.45, 2.75) is 40.5 Å². The summed E-state index contributed by atoms with van der Waals surface area (Å²) < 4.78 is 0. The molecular formula is C13H18O2. The summed E-state index contributed by atoms with van der Waals surface area (Å²) >= 11 is 0. The maximum atomic E-state index is 11.4. The van der Waals surface area contributed by atoms with Gasteiger partial charge in [0.2, 0.25) is 0 Å². The van der Waals surface area contributed by atoms with Gasteiger partial charge in [-0.15, -0.1) is 0 Å². The lowest BCUT2D eigenvalue weighted by Gasteiger charge is -2.31. The van der Waals surface area contributed by atoms with Crippen LogP contribution >= 0.6 is 0 Å². The van der Waals surface area contributed by atoms with Gasteiger partial charge in [0.25, 0.3) is 0 Å². The largest absolute Gasteiger partial charge is 0.299 e. The number of carbonyl (C=O) groups is 2. The summed E-state index contributed by atoms with van der Waals surface area (Å²) in [4.78, 5) is 22.3. The SMILES string of the molecule is CC(=O)C=CC1=C(C)CC(=O)CC1(C)C. The molecule has 0 aliphatic heterocycles. The number of rotatable bonds is 2. The molecule has 0 aromatic heterocycles. The Hall–Kier alpha value is -1.18. The number of ketones is 2. The minimum atomic E-state index is -0.134. The normalized spacial score (nSPS) is 21.2. The van der Waals surface area contributed by atoms with Gasteiger partial charge in [-0.1, -0.05) is 25.5 Å². The summed E-state index contributed by atoms with van der Waals surface area (Å²) in [6, 6.07) is 0. The molecule has 0 saturated carbocycles. The van der Waals surface area contributed by atoms with Crippen LogP contribution in [-0.2, 0) is 9.59 Å². The van der Waals surface area contributed by atoms with Crippen molar-refractivity contribution in [3.05, 3.63) is 23.3 Å². The Morgan fingerprint density at radius 2 is 2.00 bits per heavy atom. The second-order valence-electron chi connectivity index (χ2n) is 4.91. The number of hydrogen-bond acceptors (Lipinski definition) is 2. The first-order valence-electron chi connectivity index (χ1n) is 5.23. The van der Waals surface area contributed by atoms with Crippen molar-refractivity contribution in [3.63, 3.8) is 0 Å². The lowest BCUT2D eigenvalue weighted by Crippen LogP contribution is -2.25. The van der Waals surface area contributed by atoms with Crippen LogP contribution in [0.4, 0.5) is 0 Å². The zero-order valence-electron chi connectivity index (χ0n) is 9.89. The molecule has 0 amide bonds. The monoisotopic (exact) mass is 206 g/mol. The van der Waals surface area contributed by atoms with E-state index in [0.717, 1.165) is 11.1 Å². The summed E-state index contributed by atoms with van der Waals surface area (Å²) in [6.45, 7) is 7.60. The van der Waals surface area contributed by atoms with Gasteiger partial charge in [-0.2, -0.15) is 0 Å². The summed E-state index contributed by atoms with van der Waals surface area (Å²) in [6.07, 6.45) is 4.55. The Morgan fingerprint density at radius 3 is 2.47 bits per heavy atom. The molecule has 0 radical (unpaired) electrons. The van der Waals surface area contributed by atoms with E-state index in [9.17, 15) is 9.59 Å². The third-order valence-electron chi connectivity index (χ3n) is 2.78. The fourth-order valence-electron chi connectivity index (χ4n) is 2.19. The van der Waals surface area contributed by atoms with Gasteiger partial charge in [0.05, 0.1) is 0 Å². The van der Waals surface area contributed by atoms with Crippen LogP contribution in [0.15, 0.2) is 23.3 Å². The van der Waals surface area contributed by atoms with Crippen LogP contribution in [0.3, 0.4) is 0 Å². The van der Waals surface area contributed by atoms with Crippen LogP contribution < -0.4 is 0 Å². The van der Waals surface area contributed by atoms with Crippen LogP contribution in [0, 0.1) is 5.41 Å². The topological polar surface area (TPSA) is 34.1 Å². The first-order valence-corrected chi connectivity index (χ1v) is 5.23. The number of hydrogen-bond donors (Lipinski definition) is 0. The summed E-state index contributed by atoms with van der Waals surface area (Å²) in [5, 5.41) is 0. The van der Waals surface area contributed by atoms with Crippen molar-refractivity contribution in [1.82, 2.24) is 0 Å². The van der Waals surface area contributed by atoms with Gasteiger partial charge in [0, 0.05) is 12.8 Å². The molecular weight excluding hydrogens is 188 g/mol. The first-order chi connectivity index (χ1) is 6.83. The van der Waals surface area contributed by atoms with Crippen LogP contribution in [-0.4, -0.2) is 11.6 Å². The van der Waals surface area contributed by atoms with Crippen molar-refractivity contribution in [1.29, 1.82) is 0 Å². The average molecular weight is 206 g/mol. The minimum Gasteiger partial charge on any atom is -0.299 e. The zero-order valence-corrected chi connectivity index (χ0v) is 9.89. The predicted octanol–water partition coefficient (Wildman–Crippen LogP) is 2.84. The molecule has 0 atom stereocenters. The molecule has 0 spiro atoms. The third kappa shape index (κ3) is 2.88. The molecule has 1 aliphatic carbocycles. The molecule has 0 N–H and O–H groups in total. The van der Waals surface area contributed by atoms with E-state index in [1.54, 1.807) is 6.08 Å². The number of carbonyl (C=O) groups excluding carboxylic acids is 2. The third-order valence-corrected chi connectivity index (χ3v) is 2.78. The molecule has 1 rings (SSSR count). The second kappa shape index (κ2) is 4.13. The fraction of sp³-hybridized carbons (Fsp3) is 0.538. The molecule has 0 aromatic carbocycles. The van der Waals surface area contributed by atoms with Gasteiger partial charge in [0.15, 0.2) is 5.78 Å². The highest BCUT2D eigenvalue weighted by atomic mass is 16.1. The summed E-state index contributed by atoms with van der Waals surface area (Å²) in [5.41, 5.74) is 2.09. The summed E-state index contributed by atoms with van der Waals surface area (Å²) in [7, 11) is 0. The van der Waals surface area contributed by atoms with Crippen molar-refractivity contribution in [2.24, 2.45) is 5.41 Å². The predicted molar refractivity (Wildman–Crippen MR) is 60.5 cm³/mol. The van der Waals surface area contributed by atoms with Crippen LogP contribution in [0.25, 0.3) is 0 Å². The quantitative estimate of drug-likeness (QED) is 0.651. The van der Waals surface area contributed by atoms with E-state index in [1.165, 1.54) is 6.92 Å². The Kier molecular flexibility index (Phi) is 3.28. The average Bonchev–Trinajstić information content (AvgIpc) is 1.98. The van der Waals surface area contributed by atoms with E-state index >= 15 is 0 Å². The molecule has 2 nitrogen and oxygen atoms in total. The van der Waals surface area contributed by atoms with E-state index in [4.69, 9.17) is 0 Å². The maximum Gasteiger partial charge on any atom is 0.152 e. The lowest BCUT2D eigenvalue weighted by atomic mass is 9.72. The van der Waals surface area contributed by atoms with Gasteiger partial charge < -0.3 is 0 Å². The minimum absolute atomic E-state index is 0.0444. The van der Waals surface area contributed by atoms with Gasteiger partial charge in [0.1, 0.15) is 5.78 Å². The molecule has 0 unspecified atom stereocenters. The molecule has 82 valence electrons. The second-order valence-corrected chi connectivity index (χ2v) is 4.91. The Bertz CT molecular complexity index is 357. The number of allylic oxidation sites excluding steroid dienone is 4. The molecule has 1 aliphatic rings. The van der Waals surface area contributed by atoms with Gasteiger partial charge >= 0.3 is 0 Å². The van der Waals surface area contributed by atoms with Crippen LogP contribution in [0.2, 0.25) is 0 Å².